The minimum atomic E-state index is -0.581. The van der Waals surface area contributed by atoms with E-state index in [1.54, 1.807) is 12.1 Å². The Bertz CT molecular complexity index is 734. The van der Waals surface area contributed by atoms with Crippen molar-refractivity contribution in [1.82, 2.24) is 0 Å². The fourth-order valence-electron chi connectivity index (χ4n) is 3.79. The fourth-order valence-corrected chi connectivity index (χ4v) is 3.79. The maximum absolute atomic E-state index is 13.4. The van der Waals surface area contributed by atoms with E-state index in [4.69, 9.17) is 4.74 Å². The van der Waals surface area contributed by atoms with E-state index in [-0.39, 0.29) is 11.7 Å². The monoisotopic (exact) mass is 369 g/mol. The molecular weight excluding hydrogens is 341 g/mol. The molecule has 1 N–H and O–H groups in total. The maximum atomic E-state index is 13.4. The van der Waals surface area contributed by atoms with Crippen LogP contribution in [-0.2, 0) is 10.2 Å². The van der Waals surface area contributed by atoms with Crippen LogP contribution in [0, 0.1) is 5.82 Å². The highest BCUT2D eigenvalue weighted by molar-refractivity contribution is 5.99. The molecule has 144 valence electrons. The van der Waals surface area contributed by atoms with E-state index >= 15 is 0 Å². The molecule has 1 aliphatic carbocycles. The molecule has 1 fully saturated rings. The number of hydrogen-bond donors (Lipinski definition) is 1. The van der Waals surface area contributed by atoms with Gasteiger partial charge in [0.2, 0.25) is 5.91 Å². The zero-order chi connectivity index (χ0) is 19.1. The molecule has 0 radical (unpaired) electrons. The van der Waals surface area contributed by atoms with Crippen molar-refractivity contribution in [3.8, 4) is 5.75 Å². The van der Waals surface area contributed by atoms with Crippen molar-refractivity contribution >= 4 is 11.6 Å². The number of unbranched alkanes of at least 4 members (excludes halogenated alkanes) is 1. The quantitative estimate of drug-likeness (QED) is 0.622. The van der Waals surface area contributed by atoms with Gasteiger partial charge in [-0.15, -0.1) is 0 Å². The summed E-state index contributed by atoms with van der Waals surface area (Å²) in [4.78, 5) is 13.2. The highest BCUT2D eigenvalue weighted by Crippen LogP contribution is 2.40. The second-order valence-corrected chi connectivity index (χ2v) is 7.33. The SMILES string of the molecule is CCCCOc1ccc(NC(=O)C2(c3ccc(F)cc3)CCCCC2)cc1. The van der Waals surface area contributed by atoms with Gasteiger partial charge < -0.3 is 10.1 Å². The summed E-state index contributed by atoms with van der Waals surface area (Å²) in [5.41, 5.74) is 1.08. The van der Waals surface area contributed by atoms with Gasteiger partial charge in [0.15, 0.2) is 0 Å². The number of hydrogen-bond acceptors (Lipinski definition) is 2. The smallest absolute Gasteiger partial charge is 0.235 e. The van der Waals surface area contributed by atoms with Crippen molar-refractivity contribution in [3.05, 3.63) is 59.9 Å². The summed E-state index contributed by atoms with van der Waals surface area (Å²) in [6.07, 6.45) is 6.87. The Labute approximate surface area is 160 Å². The van der Waals surface area contributed by atoms with Gasteiger partial charge >= 0.3 is 0 Å². The van der Waals surface area contributed by atoms with E-state index in [1.165, 1.54) is 12.1 Å². The lowest BCUT2D eigenvalue weighted by atomic mass is 9.68. The Morgan fingerprint density at radius 2 is 1.70 bits per heavy atom. The minimum absolute atomic E-state index is 0.00606. The normalized spacial score (nSPS) is 15.9. The summed E-state index contributed by atoms with van der Waals surface area (Å²) >= 11 is 0. The Morgan fingerprint density at radius 3 is 2.33 bits per heavy atom. The minimum Gasteiger partial charge on any atom is -0.494 e. The van der Waals surface area contributed by atoms with Gasteiger partial charge in [0.05, 0.1) is 12.0 Å². The molecule has 0 bridgehead atoms. The molecule has 0 aliphatic heterocycles. The number of benzene rings is 2. The Balaban J connectivity index is 1.74. The Morgan fingerprint density at radius 1 is 1.04 bits per heavy atom. The van der Waals surface area contributed by atoms with Crippen LogP contribution in [0.25, 0.3) is 0 Å². The van der Waals surface area contributed by atoms with Crippen LogP contribution in [0.5, 0.6) is 5.75 Å². The maximum Gasteiger partial charge on any atom is 0.235 e. The Hall–Kier alpha value is -2.36. The molecule has 0 aromatic heterocycles. The number of carbonyl (C=O) groups excluding carboxylic acids is 1. The first-order chi connectivity index (χ1) is 13.1. The van der Waals surface area contributed by atoms with E-state index in [2.05, 4.69) is 12.2 Å². The van der Waals surface area contributed by atoms with E-state index in [0.717, 1.165) is 61.9 Å². The van der Waals surface area contributed by atoms with Gasteiger partial charge in [0.25, 0.3) is 0 Å². The topological polar surface area (TPSA) is 38.3 Å². The van der Waals surface area contributed by atoms with Crippen molar-refractivity contribution in [2.24, 2.45) is 0 Å². The van der Waals surface area contributed by atoms with Gasteiger partial charge in [0, 0.05) is 5.69 Å². The average molecular weight is 369 g/mol. The van der Waals surface area contributed by atoms with Crippen LogP contribution < -0.4 is 10.1 Å². The first-order valence-electron chi connectivity index (χ1n) is 9.94. The average Bonchev–Trinajstić information content (AvgIpc) is 2.70. The second-order valence-electron chi connectivity index (χ2n) is 7.33. The molecular formula is C23H28FNO2. The molecule has 4 heteroatoms. The summed E-state index contributed by atoms with van der Waals surface area (Å²) < 4.78 is 19.0. The summed E-state index contributed by atoms with van der Waals surface area (Å²) in [6.45, 7) is 2.83. The largest absolute Gasteiger partial charge is 0.494 e. The fraction of sp³-hybridized carbons (Fsp3) is 0.435. The molecule has 1 aliphatic rings. The van der Waals surface area contributed by atoms with Crippen LogP contribution in [0.3, 0.4) is 0 Å². The van der Waals surface area contributed by atoms with Crippen LogP contribution >= 0.6 is 0 Å². The zero-order valence-corrected chi connectivity index (χ0v) is 16.0. The third-order valence-corrected chi connectivity index (χ3v) is 5.42. The third kappa shape index (κ3) is 4.68. The molecule has 1 amide bonds. The van der Waals surface area contributed by atoms with Crippen LogP contribution in [0.4, 0.5) is 10.1 Å². The van der Waals surface area contributed by atoms with Crippen LogP contribution in [0.2, 0.25) is 0 Å². The molecule has 3 nitrogen and oxygen atoms in total. The number of amides is 1. The lowest BCUT2D eigenvalue weighted by Crippen LogP contribution is -2.42. The van der Waals surface area contributed by atoms with Crippen molar-refractivity contribution in [2.45, 2.75) is 57.3 Å². The molecule has 2 aromatic rings. The number of carbonyl (C=O) groups is 1. The summed E-state index contributed by atoms with van der Waals surface area (Å²) in [6, 6.07) is 13.9. The van der Waals surface area contributed by atoms with Gasteiger partial charge in [-0.3, -0.25) is 4.79 Å². The lowest BCUT2D eigenvalue weighted by Gasteiger charge is -2.36. The summed E-state index contributed by atoms with van der Waals surface area (Å²) in [7, 11) is 0. The number of rotatable bonds is 7. The number of nitrogens with one attached hydrogen (secondary N) is 1. The van der Waals surface area contributed by atoms with Crippen LogP contribution in [0.15, 0.2) is 48.5 Å². The van der Waals surface area contributed by atoms with Gasteiger partial charge in [-0.25, -0.2) is 4.39 Å². The first-order valence-corrected chi connectivity index (χ1v) is 9.94. The van der Waals surface area contributed by atoms with E-state index in [9.17, 15) is 9.18 Å². The number of halogens is 1. The van der Waals surface area contributed by atoms with E-state index in [1.807, 2.05) is 24.3 Å². The first kappa shape index (κ1) is 19.4. The lowest BCUT2D eigenvalue weighted by molar-refractivity contribution is -0.122. The highest BCUT2D eigenvalue weighted by Gasteiger charge is 2.41. The van der Waals surface area contributed by atoms with E-state index < -0.39 is 5.41 Å². The van der Waals surface area contributed by atoms with Gasteiger partial charge in [-0.1, -0.05) is 44.7 Å². The molecule has 2 aromatic carbocycles. The van der Waals surface area contributed by atoms with Gasteiger partial charge in [-0.2, -0.15) is 0 Å². The molecule has 0 atom stereocenters. The third-order valence-electron chi connectivity index (χ3n) is 5.42. The molecule has 1 saturated carbocycles. The zero-order valence-electron chi connectivity index (χ0n) is 16.0. The Kier molecular flexibility index (Phi) is 6.49. The predicted octanol–water partition coefficient (Wildman–Crippen LogP) is 5.85. The van der Waals surface area contributed by atoms with Crippen molar-refractivity contribution in [1.29, 1.82) is 0 Å². The van der Waals surface area contributed by atoms with Crippen molar-refractivity contribution in [2.75, 3.05) is 11.9 Å². The van der Waals surface area contributed by atoms with Crippen molar-refractivity contribution < 1.29 is 13.9 Å². The van der Waals surface area contributed by atoms with E-state index in [0.29, 0.717) is 6.61 Å². The standard InChI is InChI=1S/C23H28FNO2/c1-2-3-17-27-21-13-11-20(12-14-21)25-22(26)23(15-5-4-6-16-23)18-7-9-19(24)10-8-18/h7-14H,2-6,15-17H2,1H3,(H,25,26). The highest BCUT2D eigenvalue weighted by atomic mass is 19.1. The summed E-state index contributed by atoms with van der Waals surface area (Å²) in [5, 5.41) is 3.07. The van der Waals surface area contributed by atoms with Crippen molar-refractivity contribution in [3.63, 3.8) is 0 Å². The molecule has 0 heterocycles. The van der Waals surface area contributed by atoms with Crippen LogP contribution in [-0.4, -0.2) is 12.5 Å². The van der Waals surface area contributed by atoms with Crippen LogP contribution in [0.1, 0.15) is 57.4 Å². The van der Waals surface area contributed by atoms with Gasteiger partial charge in [-0.05, 0) is 61.2 Å². The molecule has 0 saturated heterocycles. The second kappa shape index (κ2) is 9.03. The number of ether oxygens (including phenoxy) is 1. The molecule has 27 heavy (non-hydrogen) atoms. The number of anilines is 1. The summed E-state index contributed by atoms with van der Waals surface area (Å²) in [5.74, 6) is 0.532. The predicted molar refractivity (Wildman–Crippen MR) is 107 cm³/mol. The molecule has 3 rings (SSSR count). The van der Waals surface area contributed by atoms with Gasteiger partial charge in [0.1, 0.15) is 11.6 Å². The molecule has 0 spiro atoms. The molecule has 0 unspecified atom stereocenters.